The van der Waals surface area contributed by atoms with Crippen molar-refractivity contribution in [1.29, 1.82) is 0 Å². The molecule has 0 aromatic heterocycles. The summed E-state index contributed by atoms with van der Waals surface area (Å²) in [5.74, 6) is 1.28. The van der Waals surface area contributed by atoms with Crippen LogP contribution >= 0.6 is 0 Å². The Morgan fingerprint density at radius 2 is 2.00 bits per heavy atom. The SMILES string of the molecule is CCN1C(=O)C(C)(C)Oc2ccc(C(N)CC(C)C)cc21. The lowest BCUT2D eigenvalue weighted by Crippen LogP contribution is -2.52. The van der Waals surface area contributed by atoms with Gasteiger partial charge < -0.3 is 15.4 Å². The first-order valence-electron chi connectivity index (χ1n) is 7.66. The number of amides is 1. The highest BCUT2D eigenvalue weighted by molar-refractivity contribution is 6.02. The highest BCUT2D eigenvalue weighted by Crippen LogP contribution is 2.39. The number of nitrogens with zero attached hydrogens (tertiary/aromatic N) is 1. The van der Waals surface area contributed by atoms with E-state index in [1.54, 1.807) is 18.7 Å². The van der Waals surface area contributed by atoms with Crippen LogP contribution in [0.2, 0.25) is 0 Å². The molecule has 4 nitrogen and oxygen atoms in total. The molecule has 1 unspecified atom stereocenters. The minimum absolute atomic E-state index is 0.00733. The lowest BCUT2D eigenvalue weighted by Gasteiger charge is -2.38. The fourth-order valence-corrected chi connectivity index (χ4v) is 2.77. The number of hydrogen-bond donors (Lipinski definition) is 1. The molecule has 4 heteroatoms. The summed E-state index contributed by atoms with van der Waals surface area (Å²) >= 11 is 0. The molecule has 2 rings (SSSR count). The number of nitrogens with two attached hydrogens (primary N) is 1. The molecule has 0 aliphatic carbocycles. The largest absolute Gasteiger partial charge is 0.476 e. The van der Waals surface area contributed by atoms with Gasteiger partial charge in [-0.2, -0.15) is 0 Å². The number of benzene rings is 1. The van der Waals surface area contributed by atoms with Gasteiger partial charge in [-0.1, -0.05) is 19.9 Å². The minimum Gasteiger partial charge on any atom is -0.476 e. The molecule has 21 heavy (non-hydrogen) atoms. The molecule has 1 atom stereocenters. The average molecular weight is 290 g/mol. The number of likely N-dealkylation sites (N-methyl/N-ethyl adjacent to an activating group) is 1. The number of anilines is 1. The lowest BCUT2D eigenvalue weighted by atomic mass is 9.96. The number of carbonyl (C=O) groups is 1. The molecule has 0 radical (unpaired) electrons. The minimum atomic E-state index is -0.815. The van der Waals surface area contributed by atoms with Gasteiger partial charge in [-0.05, 0) is 50.8 Å². The monoisotopic (exact) mass is 290 g/mol. The van der Waals surface area contributed by atoms with E-state index in [-0.39, 0.29) is 11.9 Å². The molecule has 0 bridgehead atoms. The predicted molar refractivity (Wildman–Crippen MR) is 85.6 cm³/mol. The van der Waals surface area contributed by atoms with Gasteiger partial charge in [0.15, 0.2) is 5.60 Å². The number of ether oxygens (including phenoxy) is 1. The van der Waals surface area contributed by atoms with Crippen molar-refractivity contribution in [1.82, 2.24) is 0 Å². The van der Waals surface area contributed by atoms with E-state index in [4.69, 9.17) is 10.5 Å². The van der Waals surface area contributed by atoms with Crippen molar-refractivity contribution in [2.45, 2.75) is 52.7 Å². The molecule has 1 amide bonds. The first-order chi connectivity index (χ1) is 9.76. The van der Waals surface area contributed by atoms with Crippen LogP contribution in [0.4, 0.5) is 5.69 Å². The summed E-state index contributed by atoms with van der Waals surface area (Å²) in [6.07, 6.45) is 0.922. The van der Waals surface area contributed by atoms with Crippen LogP contribution in [-0.2, 0) is 4.79 Å². The molecule has 1 aliphatic rings. The van der Waals surface area contributed by atoms with E-state index in [1.165, 1.54) is 0 Å². The molecular formula is C17H26N2O2. The first-order valence-corrected chi connectivity index (χ1v) is 7.66. The molecule has 0 saturated carbocycles. The third-order valence-corrected chi connectivity index (χ3v) is 3.87. The summed E-state index contributed by atoms with van der Waals surface area (Å²) in [6.45, 7) is 10.5. The van der Waals surface area contributed by atoms with Crippen LogP contribution in [-0.4, -0.2) is 18.1 Å². The summed E-state index contributed by atoms with van der Waals surface area (Å²) in [5, 5.41) is 0. The van der Waals surface area contributed by atoms with Crippen LogP contribution in [0.25, 0.3) is 0 Å². The Balaban J connectivity index is 2.39. The summed E-state index contributed by atoms with van der Waals surface area (Å²) < 4.78 is 5.85. The van der Waals surface area contributed by atoms with E-state index in [2.05, 4.69) is 13.8 Å². The van der Waals surface area contributed by atoms with Gasteiger partial charge in [0.1, 0.15) is 5.75 Å². The molecule has 1 aliphatic heterocycles. The maximum atomic E-state index is 12.5. The second kappa shape index (κ2) is 5.68. The Bertz CT molecular complexity index is 538. The van der Waals surface area contributed by atoms with Crippen molar-refractivity contribution in [3.05, 3.63) is 23.8 Å². The number of hydrogen-bond acceptors (Lipinski definition) is 3. The average Bonchev–Trinajstić information content (AvgIpc) is 2.38. The number of carbonyl (C=O) groups excluding carboxylic acids is 1. The van der Waals surface area contributed by atoms with Crippen molar-refractivity contribution in [2.24, 2.45) is 11.7 Å². The van der Waals surface area contributed by atoms with Crippen molar-refractivity contribution in [3.8, 4) is 5.75 Å². The third kappa shape index (κ3) is 3.05. The molecule has 0 saturated heterocycles. The van der Waals surface area contributed by atoms with Crippen LogP contribution in [0, 0.1) is 5.92 Å². The highest BCUT2D eigenvalue weighted by Gasteiger charge is 2.40. The topological polar surface area (TPSA) is 55.6 Å². The van der Waals surface area contributed by atoms with E-state index in [0.29, 0.717) is 12.5 Å². The zero-order valence-electron chi connectivity index (χ0n) is 13.6. The van der Waals surface area contributed by atoms with Crippen molar-refractivity contribution in [3.63, 3.8) is 0 Å². The standard InChI is InChI=1S/C17H26N2O2/c1-6-19-14-10-12(13(18)9-11(2)3)7-8-15(14)21-17(4,5)16(19)20/h7-8,10-11,13H,6,9,18H2,1-5H3. The van der Waals surface area contributed by atoms with E-state index in [0.717, 1.165) is 23.4 Å². The zero-order chi connectivity index (χ0) is 15.8. The Labute approximate surface area is 127 Å². The molecule has 0 fully saturated rings. The Kier molecular flexibility index (Phi) is 4.28. The van der Waals surface area contributed by atoms with Gasteiger partial charge in [-0.3, -0.25) is 4.79 Å². The maximum absolute atomic E-state index is 12.5. The Morgan fingerprint density at radius 1 is 1.33 bits per heavy atom. The smallest absolute Gasteiger partial charge is 0.270 e. The van der Waals surface area contributed by atoms with E-state index >= 15 is 0 Å². The van der Waals surface area contributed by atoms with Gasteiger partial charge in [0.25, 0.3) is 5.91 Å². The summed E-state index contributed by atoms with van der Waals surface area (Å²) in [5.41, 5.74) is 7.33. The predicted octanol–water partition coefficient (Wildman–Crippen LogP) is 3.26. The number of rotatable bonds is 4. The molecule has 1 aromatic rings. The first kappa shape index (κ1) is 15.8. The molecular weight excluding hydrogens is 264 g/mol. The zero-order valence-corrected chi connectivity index (χ0v) is 13.6. The fourth-order valence-electron chi connectivity index (χ4n) is 2.77. The van der Waals surface area contributed by atoms with Crippen LogP contribution in [0.15, 0.2) is 18.2 Å². The van der Waals surface area contributed by atoms with Crippen molar-refractivity contribution < 1.29 is 9.53 Å². The lowest BCUT2D eigenvalue weighted by molar-refractivity contribution is -0.132. The highest BCUT2D eigenvalue weighted by atomic mass is 16.5. The molecule has 2 N–H and O–H groups in total. The summed E-state index contributed by atoms with van der Waals surface area (Å²) in [4.78, 5) is 14.3. The number of fused-ring (bicyclic) bond motifs is 1. The van der Waals surface area contributed by atoms with Crippen molar-refractivity contribution >= 4 is 11.6 Å². The van der Waals surface area contributed by atoms with E-state index in [9.17, 15) is 4.79 Å². The van der Waals surface area contributed by atoms with E-state index in [1.807, 2.05) is 25.1 Å². The van der Waals surface area contributed by atoms with Gasteiger partial charge in [0, 0.05) is 12.6 Å². The molecule has 1 aromatic carbocycles. The van der Waals surface area contributed by atoms with Crippen molar-refractivity contribution in [2.75, 3.05) is 11.4 Å². The van der Waals surface area contributed by atoms with Gasteiger partial charge >= 0.3 is 0 Å². The van der Waals surface area contributed by atoms with Gasteiger partial charge in [-0.15, -0.1) is 0 Å². The normalized spacial score (nSPS) is 18.4. The van der Waals surface area contributed by atoms with Crippen LogP contribution in [0.1, 0.15) is 52.6 Å². The molecule has 0 spiro atoms. The summed E-state index contributed by atoms with van der Waals surface area (Å²) in [7, 11) is 0. The van der Waals surface area contributed by atoms with Gasteiger partial charge in [0.05, 0.1) is 5.69 Å². The second-order valence-corrected chi connectivity index (χ2v) is 6.62. The Hall–Kier alpha value is -1.55. The van der Waals surface area contributed by atoms with Crippen LogP contribution < -0.4 is 15.4 Å². The second-order valence-electron chi connectivity index (χ2n) is 6.62. The van der Waals surface area contributed by atoms with E-state index < -0.39 is 5.60 Å². The fraction of sp³-hybridized carbons (Fsp3) is 0.588. The van der Waals surface area contributed by atoms with Crippen LogP contribution in [0.5, 0.6) is 5.75 Å². The summed E-state index contributed by atoms with van der Waals surface area (Å²) in [6, 6.07) is 5.92. The van der Waals surface area contributed by atoms with Crippen LogP contribution in [0.3, 0.4) is 0 Å². The molecule has 116 valence electrons. The third-order valence-electron chi connectivity index (χ3n) is 3.87. The maximum Gasteiger partial charge on any atom is 0.270 e. The Morgan fingerprint density at radius 3 is 2.57 bits per heavy atom. The molecule has 1 heterocycles. The quantitative estimate of drug-likeness (QED) is 0.926. The van der Waals surface area contributed by atoms with Gasteiger partial charge in [0.2, 0.25) is 0 Å². The van der Waals surface area contributed by atoms with Gasteiger partial charge in [-0.25, -0.2) is 0 Å².